The minimum absolute atomic E-state index is 0.0270. The number of hydrogen-bond acceptors (Lipinski definition) is 5. The summed E-state index contributed by atoms with van der Waals surface area (Å²) in [4.78, 5) is 24.9. The molecule has 7 heteroatoms. The molecule has 1 aromatic heterocycles. The largest absolute Gasteiger partial charge is 0.355 e. The Morgan fingerprint density at radius 1 is 1.08 bits per heavy atom. The molecular weight excluding hydrogens is 332 g/mol. The molecule has 2 aromatic carbocycles. The summed E-state index contributed by atoms with van der Waals surface area (Å²) >= 11 is 0. The van der Waals surface area contributed by atoms with Gasteiger partial charge in [-0.2, -0.15) is 0 Å². The highest BCUT2D eigenvalue weighted by molar-refractivity contribution is 6.05. The topological polar surface area (TPSA) is 80.4 Å². The lowest BCUT2D eigenvalue weighted by Gasteiger charge is -2.31. The number of fused-ring (bicyclic) bond motifs is 1. The maximum absolute atomic E-state index is 11.9. The number of carbonyl (C=O) groups is 1. The Morgan fingerprint density at radius 3 is 2.58 bits per heavy atom. The van der Waals surface area contributed by atoms with Crippen LogP contribution >= 0.6 is 0 Å². The number of benzene rings is 2. The van der Waals surface area contributed by atoms with E-state index in [1.54, 1.807) is 12.1 Å². The highest BCUT2D eigenvalue weighted by Crippen LogP contribution is 2.35. The fourth-order valence-electron chi connectivity index (χ4n) is 3.56. The minimum Gasteiger partial charge on any atom is -0.355 e. The summed E-state index contributed by atoms with van der Waals surface area (Å²) < 4.78 is 1.96. The van der Waals surface area contributed by atoms with Crippen LogP contribution in [0.1, 0.15) is 10.4 Å². The summed E-state index contributed by atoms with van der Waals surface area (Å²) in [6.07, 6.45) is 0.882. The zero-order chi connectivity index (χ0) is 18.1. The van der Waals surface area contributed by atoms with Gasteiger partial charge >= 0.3 is 0 Å². The molecular formula is C19H18N4O3. The van der Waals surface area contributed by atoms with Gasteiger partial charge in [0, 0.05) is 43.7 Å². The number of anilines is 1. The van der Waals surface area contributed by atoms with Crippen LogP contribution in [0.25, 0.3) is 16.6 Å². The first-order valence-electron chi connectivity index (χ1n) is 8.50. The zero-order valence-corrected chi connectivity index (χ0v) is 14.1. The number of hydrogen-bond donors (Lipinski definition) is 1. The van der Waals surface area contributed by atoms with Crippen LogP contribution in [0.5, 0.6) is 0 Å². The van der Waals surface area contributed by atoms with E-state index < -0.39 is 4.92 Å². The maximum atomic E-state index is 11.9. The quantitative estimate of drug-likeness (QED) is 0.445. The molecule has 0 atom stereocenters. The van der Waals surface area contributed by atoms with E-state index in [0.29, 0.717) is 11.3 Å². The monoisotopic (exact) mass is 350 g/mol. The van der Waals surface area contributed by atoms with Gasteiger partial charge in [-0.15, -0.1) is 0 Å². The lowest BCUT2D eigenvalue weighted by Crippen LogP contribution is -2.44. The number of nitro groups is 1. The predicted octanol–water partition coefficient (Wildman–Crippen LogP) is 2.76. The van der Waals surface area contributed by atoms with Crippen molar-refractivity contribution in [3.63, 3.8) is 0 Å². The number of nitrogens with one attached hydrogen (secondary N) is 1. The zero-order valence-electron chi connectivity index (χ0n) is 14.1. The third kappa shape index (κ3) is 2.62. The van der Waals surface area contributed by atoms with E-state index >= 15 is 0 Å². The smallest absolute Gasteiger partial charge is 0.271 e. The Bertz CT molecular complexity index is 990. The Hall–Kier alpha value is -3.19. The molecule has 0 unspecified atom stereocenters. The van der Waals surface area contributed by atoms with Crippen LogP contribution in [0.15, 0.2) is 48.5 Å². The second kappa shape index (κ2) is 6.61. The van der Waals surface area contributed by atoms with Gasteiger partial charge in [-0.25, -0.2) is 0 Å². The summed E-state index contributed by atoms with van der Waals surface area (Å²) in [7, 11) is 0. The number of para-hydroxylation sites is 1. The summed E-state index contributed by atoms with van der Waals surface area (Å²) in [6.45, 7) is 3.20. The van der Waals surface area contributed by atoms with Gasteiger partial charge in [0.05, 0.1) is 21.7 Å². The number of carbonyl (C=O) groups excluding carboxylic acids is 1. The van der Waals surface area contributed by atoms with Crippen LogP contribution in [0.3, 0.4) is 0 Å². The number of piperazine rings is 1. The van der Waals surface area contributed by atoms with Crippen LogP contribution in [-0.4, -0.2) is 42.0 Å². The molecule has 1 fully saturated rings. The van der Waals surface area contributed by atoms with Gasteiger partial charge < -0.3 is 10.2 Å². The molecule has 0 radical (unpaired) electrons. The number of non-ortho nitro benzene ring substituents is 1. The fraction of sp³-hybridized carbons (Fsp3) is 0.211. The summed E-state index contributed by atoms with van der Waals surface area (Å²) in [5, 5.41) is 15.4. The standard InChI is InChI=1S/C19H18N4O3/c24-13-17-16-6-1-2-7-18(16)22(19(17)21-10-8-20-9-11-21)14-4-3-5-15(12-14)23(25)26/h1-7,12-13,20H,8-11H2. The molecule has 2 heterocycles. The number of rotatable bonds is 4. The second-order valence-electron chi connectivity index (χ2n) is 6.22. The van der Waals surface area contributed by atoms with Crippen molar-refractivity contribution in [2.45, 2.75) is 0 Å². The van der Waals surface area contributed by atoms with E-state index in [1.165, 1.54) is 6.07 Å². The van der Waals surface area contributed by atoms with E-state index in [2.05, 4.69) is 10.2 Å². The van der Waals surface area contributed by atoms with Gasteiger partial charge in [-0.05, 0) is 12.1 Å². The average molecular weight is 350 g/mol. The van der Waals surface area contributed by atoms with E-state index in [1.807, 2.05) is 34.9 Å². The molecule has 4 rings (SSSR count). The van der Waals surface area contributed by atoms with Crippen molar-refractivity contribution >= 4 is 28.7 Å². The SMILES string of the molecule is O=Cc1c(N2CCNCC2)n(-c2cccc([N+](=O)[O-])c2)c2ccccc12. The molecule has 1 aliphatic rings. The van der Waals surface area contributed by atoms with Gasteiger partial charge in [-0.1, -0.05) is 24.3 Å². The molecule has 0 aliphatic carbocycles. The Labute approximate surface area is 150 Å². The average Bonchev–Trinajstić information content (AvgIpc) is 3.03. The van der Waals surface area contributed by atoms with Crippen molar-refractivity contribution in [3.05, 3.63) is 64.2 Å². The van der Waals surface area contributed by atoms with Gasteiger partial charge in [0.15, 0.2) is 6.29 Å². The number of aldehydes is 1. The van der Waals surface area contributed by atoms with E-state index in [4.69, 9.17) is 0 Å². The van der Waals surface area contributed by atoms with Crippen LogP contribution in [0.2, 0.25) is 0 Å². The van der Waals surface area contributed by atoms with Crippen molar-refractivity contribution < 1.29 is 9.72 Å². The number of aromatic nitrogens is 1. The Kier molecular flexibility index (Phi) is 4.14. The van der Waals surface area contributed by atoms with Crippen molar-refractivity contribution in [3.8, 4) is 5.69 Å². The fourth-order valence-corrected chi connectivity index (χ4v) is 3.56. The van der Waals surface area contributed by atoms with Crippen molar-refractivity contribution in [2.24, 2.45) is 0 Å². The van der Waals surface area contributed by atoms with Crippen molar-refractivity contribution in [1.29, 1.82) is 0 Å². The Morgan fingerprint density at radius 2 is 1.85 bits per heavy atom. The highest BCUT2D eigenvalue weighted by Gasteiger charge is 2.24. The molecule has 1 N–H and O–H groups in total. The van der Waals surface area contributed by atoms with Gasteiger partial charge in [0.1, 0.15) is 5.82 Å². The first-order valence-corrected chi connectivity index (χ1v) is 8.50. The van der Waals surface area contributed by atoms with Gasteiger partial charge in [0.25, 0.3) is 5.69 Å². The van der Waals surface area contributed by atoms with E-state index in [0.717, 1.165) is 49.2 Å². The second-order valence-corrected chi connectivity index (χ2v) is 6.22. The molecule has 132 valence electrons. The van der Waals surface area contributed by atoms with E-state index in [-0.39, 0.29) is 5.69 Å². The third-order valence-electron chi connectivity index (χ3n) is 4.72. The highest BCUT2D eigenvalue weighted by atomic mass is 16.6. The molecule has 26 heavy (non-hydrogen) atoms. The lowest BCUT2D eigenvalue weighted by molar-refractivity contribution is -0.384. The molecule has 0 saturated carbocycles. The predicted molar refractivity (Wildman–Crippen MR) is 100 cm³/mol. The first kappa shape index (κ1) is 16.3. The molecule has 3 aromatic rings. The minimum atomic E-state index is -0.402. The molecule has 0 bridgehead atoms. The number of nitro benzene ring substituents is 1. The lowest BCUT2D eigenvalue weighted by atomic mass is 10.2. The van der Waals surface area contributed by atoms with Gasteiger partial charge in [0.2, 0.25) is 0 Å². The van der Waals surface area contributed by atoms with Crippen LogP contribution in [0.4, 0.5) is 11.5 Å². The molecule has 1 aliphatic heterocycles. The van der Waals surface area contributed by atoms with Gasteiger partial charge in [-0.3, -0.25) is 19.5 Å². The van der Waals surface area contributed by atoms with Crippen LogP contribution < -0.4 is 10.2 Å². The molecule has 7 nitrogen and oxygen atoms in total. The normalized spacial score (nSPS) is 14.5. The first-order chi connectivity index (χ1) is 12.7. The Balaban J connectivity index is 2.02. The maximum Gasteiger partial charge on any atom is 0.271 e. The van der Waals surface area contributed by atoms with E-state index in [9.17, 15) is 14.9 Å². The third-order valence-corrected chi connectivity index (χ3v) is 4.72. The molecule has 0 amide bonds. The number of nitrogens with zero attached hydrogens (tertiary/aromatic N) is 3. The van der Waals surface area contributed by atoms with Crippen LogP contribution in [-0.2, 0) is 0 Å². The molecule has 1 saturated heterocycles. The molecule has 0 spiro atoms. The summed E-state index contributed by atoms with van der Waals surface area (Å²) in [6, 6.07) is 14.2. The van der Waals surface area contributed by atoms with Crippen molar-refractivity contribution in [2.75, 3.05) is 31.1 Å². The van der Waals surface area contributed by atoms with Crippen LogP contribution in [0, 0.1) is 10.1 Å². The summed E-state index contributed by atoms with van der Waals surface area (Å²) in [5.74, 6) is 0.795. The van der Waals surface area contributed by atoms with Crippen molar-refractivity contribution in [1.82, 2.24) is 9.88 Å². The summed E-state index contributed by atoms with van der Waals surface area (Å²) in [5.41, 5.74) is 2.19.